The Kier molecular flexibility index (Phi) is 7.85. The lowest BCUT2D eigenvalue weighted by Gasteiger charge is -2.39. The molecule has 4 rings (SSSR count). The molecule has 2 aliphatic rings. The lowest BCUT2D eigenvalue weighted by molar-refractivity contribution is -0.137. The van der Waals surface area contributed by atoms with E-state index in [4.69, 9.17) is 0 Å². The summed E-state index contributed by atoms with van der Waals surface area (Å²) in [6.07, 6.45) is -2.35. The Hall–Kier alpha value is -3.42. The monoisotopic (exact) mass is 514 g/mol. The molecule has 0 spiro atoms. The summed E-state index contributed by atoms with van der Waals surface area (Å²) in [5.74, 6) is -1.33. The number of carbonyl (C=O) groups excluding carboxylic acids is 2. The number of nitrogens with one attached hydrogen (secondary N) is 2. The van der Waals surface area contributed by atoms with Gasteiger partial charge in [-0.15, -0.1) is 0 Å². The first-order valence-corrected chi connectivity index (χ1v) is 12.2. The van der Waals surface area contributed by atoms with Crippen LogP contribution in [0.25, 0.3) is 0 Å². The molecule has 0 unspecified atom stereocenters. The fourth-order valence-corrected chi connectivity index (χ4v) is 5.30. The first-order valence-electron chi connectivity index (χ1n) is 12.2. The van der Waals surface area contributed by atoms with Crippen LogP contribution < -0.4 is 10.6 Å². The Morgan fingerprint density at radius 3 is 2.43 bits per heavy atom. The van der Waals surface area contributed by atoms with E-state index in [1.54, 1.807) is 0 Å². The van der Waals surface area contributed by atoms with Crippen LogP contribution in [0.2, 0.25) is 0 Å². The standard InChI is InChI=1S/C27H29F3N4O3/c28-27(29,30)20-8-4-5-18(13-20)25(37)32-14-24(36)33-22-15-34(16-23(22)35)21-9-11-26(17-31,12-10-21)19-6-2-1-3-7-19/h1-8,13,21-23,35H,9-12,14-16H2,(H,32,37)(H,33,36)/t21?,22-,23+,26?/m0/s1. The molecule has 37 heavy (non-hydrogen) atoms. The Labute approximate surface area is 213 Å². The number of halogens is 3. The van der Waals surface area contributed by atoms with E-state index in [1.807, 2.05) is 30.3 Å². The molecule has 1 heterocycles. The molecule has 0 radical (unpaired) electrons. The summed E-state index contributed by atoms with van der Waals surface area (Å²) in [4.78, 5) is 26.8. The molecule has 7 nitrogen and oxygen atoms in total. The molecule has 196 valence electrons. The number of benzene rings is 2. The molecule has 2 fully saturated rings. The van der Waals surface area contributed by atoms with Crippen molar-refractivity contribution in [3.8, 4) is 6.07 Å². The van der Waals surface area contributed by atoms with Crippen LogP contribution in [0.3, 0.4) is 0 Å². The lowest BCUT2D eigenvalue weighted by atomic mass is 9.69. The van der Waals surface area contributed by atoms with Crippen molar-refractivity contribution in [2.45, 2.75) is 55.5 Å². The van der Waals surface area contributed by atoms with Crippen LogP contribution in [0.4, 0.5) is 13.2 Å². The zero-order valence-electron chi connectivity index (χ0n) is 20.2. The normalized spacial score (nSPS) is 26.3. The summed E-state index contributed by atoms with van der Waals surface area (Å²) in [6.45, 7) is 0.393. The average Bonchev–Trinajstić information content (AvgIpc) is 3.27. The maximum atomic E-state index is 12.9. The van der Waals surface area contributed by atoms with Crippen LogP contribution in [-0.4, -0.2) is 59.6 Å². The Morgan fingerprint density at radius 1 is 1.08 bits per heavy atom. The molecule has 10 heteroatoms. The number of hydrogen-bond donors (Lipinski definition) is 3. The van der Waals surface area contributed by atoms with Crippen LogP contribution in [0, 0.1) is 11.3 Å². The largest absolute Gasteiger partial charge is 0.416 e. The van der Waals surface area contributed by atoms with Crippen molar-refractivity contribution in [2.24, 2.45) is 0 Å². The van der Waals surface area contributed by atoms with Gasteiger partial charge < -0.3 is 15.7 Å². The molecule has 0 bridgehead atoms. The minimum Gasteiger partial charge on any atom is -0.390 e. The number of alkyl halides is 3. The molecule has 3 N–H and O–H groups in total. The fraction of sp³-hybridized carbons (Fsp3) is 0.444. The fourth-order valence-electron chi connectivity index (χ4n) is 5.30. The van der Waals surface area contributed by atoms with Crippen LogP contribution in [-0.2, 0) is 16.4 Å². The second-order valence-electron chi connectivity index (χ2n) is 9.75. The minimum atomic E-state index is -4.58. The summed E-state index contributed by atoms with van der Waals surface area (Å²) in [7, 11) is 0. The zero-order valence-corrected chi connectivity index (χ0v) is 20.2. The van der Waals surface area contributed by atoms with Crippen molar-refractivity contribution >= 4 is 11.8 Å². The summed E-state index contributed by atoms with van der Waals surface area (Å²) < 4.78 is 38.6. The van der Waals surface area contributed by atoms with Crippen molar-refractivity contribution in [1.29, 1.82) is 5.26 Å². The number of carbonyl (C=O) groups is 2. The lowest BCUT2D eigenvalue weighted by Crippen LogP contribution is -2.47. The number of β-amino-alcohol motifs (C(OH)–C–C–N with tert-alkyl or cyclic N) is 1. The van der Waals surface area contributed by atoms with Gasteiger partial charge in [0.25, 0.3) is 5.91 Å². The van der Waals surface area contributed by atoms with Gasteiger partial charge in [-0.25, -0.2) is 0 Å². The Bertz CT molecular complexity index is 1160. The van der Waals surface area contributed by atoms with Gasteiger partial charge in [-0.2, -0.15) is 18.4 Å². The first-order chi connectivity index (χ1) is 17.6. The van der Waals surface area contributed by atoms with Crippen molar-refractivity contribution in [3.05, 3.63) is 71.3 Å². The highest BCUT2D eigenvalue weighted by molar-refractivity contribution is 5.96. The second-order valence-corrected chi connectivity index (χ2v) is 9.75. The molecule has 1 saturated carbocycles. The van der Waals surface area contributed by atoms with Crippen molar-refractivity contribution in [1.82, 2.24) is 15.5 Å². The van der Waals surface area contributed by atoms with E-state index in [0.717, 1.165) is 36.6 Å². The van der Waals surface area contributed by atoms with Crippen LogP contribution in [0.5, 0.6) is 0 Å². The minimum absolute atomic E-state index is 0.183. The third-order valence-electron chi connectivity index (χ3n) is 7.39. The van der Waals surface area contributed by atoms with Gasteiger partial charge >= 0.3 is 6.18 Å². The second kappa shape index (κ2) is 10.9. The van der Waals surface area contributed by atoms with E-state index in [-0.39, 0.29) is 11.6 Å². The molecule has 2 aromatic carbocycles. The van der Waals surface area contributed by atoms with E-state index in [9.17, 15) is 33.1 Å². The third kappa shape index (κ3) is 6.12. The summed E-state index contributed by atoms with van der Waals surface area (Å²) in [5, 5.41) is 25.5. The molecule has 2 amide bonds. The Balaban J connectivity index is 1.26. The number of aliphatic hydroxyl groups excluding tert-OH is 1. The maximum absolute atomic E-state index is 12.9. The maximum Gasteiger partial charge on any atom is 0.416 e. The third-order valence-corrected chi connectivity index (χ3v) is 7.39. The molecule has 2 atom stereocenters. The highest BCUT2D eigenvalue weighted by Gasteiger charge is 2.42. The van der Waals surface area contributed by atoms with Gasteiger partial charge in [0.2, 0.25) is 5.91 Å². The van der Waals surface area contributed by atoms with Crippen molar-refractivity contribution < 1.29 is 27.9 Å². The SMILES string of the molecule is N#CC1(c2ccccc2)CCC(N2C[C@@H](O)[C@@H](NC(=O)CNC(=O)c3cccc(C(F)(F)F)c3)C2)CC1. The molecular formula is C27H29F3N4O3. The molecule has 1 aliphatic carbocycles. The molecular weight excluding hydrogens is 485 g/mol. The molecule has 0 aromatic heterocycles. The van der Waals surface area contributed by atoms with E-state index in [2.05, 4.69) is 21.6 Å². The van der Waals surface area contributed by atoms with Crippen molar-refractivity contribution in [2.75, 3.05) is 19.6 Å². The van der Waals surface area contributed by atoms with Gasteiger partial charge in [-0.1, -0.05) is 36.4 Å². The van der Waals surface area contributed by atoms with E-state index in [0.29, 0.717) is 25.9 Å². The van der Waals surface area contributed by atoms with Gasteiger partial charge in [0.05, 0.1) is 35.7 Å². The number of nitrogens with zero attached hydrogens (tertiary/aromatic N) is 2. The van der Waals surface area contributed by atoms with Gasteiger partial charge in [-0.3, -0.25) is 14.5 Å². The number of nitriles is 1. The predicted octanol–water partition coefficient (Wildman–Crippen LogP) is 3.00. The van der Waals surface area contributed by atoms with Gasteiger partial charge in [0.1, 0.15) is 0 Å². The van der Waals surface area contributed by atoms with E-state index in [1.165, 1.54) is 6.07 Å². The molecule has 1 saturated heterocycles. The molecule has 1 aliphatic heterocycles. The first kappa shape index (κ1) is 26.6. The van der Waals surface area contributed by atoms with Gasteiger partial charge in [0.15, 0.2) is 0 Å². The van der Waals surface area contributed by atoms with Crippen LogP contribution >= 0.6 is 0 Å². The highest BCUT2D eigenvalue weighted by Crippen LogP contribution is 2.41. The van der Waals surface area contributed by atoms with Crippen LogP contribution in [0.1, 0.15) is 47.2 Å². The average molecular weight is 515 g/mol. The highest BCUT2D eigenvalue weighted by atomic mass is 19.4. The Morgan fingerprint density at radius 2 is 1.78 bits per heavy atom. The smallest absolute Gasteiger partial charge is 0.390 e. The number of likely N-dealkylation sites (tertiary alicyclic amines) is 1. The molecule has 2 aromatic rings. The number of amides is 2. The summed E-state index contributed by atoms with van der Waals surface area (Å²) >= 11 is 0. The van der Waals surface area contributed by atoms with Gasteiger partial charge in [0, 0.05) is 24.7 Å². The van der Waals surface area contributed by atoms with Crippen molar-refractivity contribution in [3.63, 3.8) is 0 Å². The summed E-state index contributed by atoms with van der Waals surface area (Å²) in [5.41, 5.74) is -0.635. The van der Waals surface area contributed by atoms with E-state index >= 15 is 0 Å². The van der Waals surface area contributed by atoms with E-state index < -0.39 is 47.7 Å². The van der Waals surface area contributed by atoms with Gasteiger partial charge in [-0.05, 0) is 49.4 Å². The topological polar surface area (TPSA) is 105 Å². The number of aliphatic hydroxyl groups is 1. The number of hydrogen-bond acceptors (Lipinski definition) is 5. The number of rotatable bonds is 6. The zero-order chi connectivity index (χ0) is 26.6. The predicted molar refractivity (Wildman–Crippen MR) is 129 cm³/mol. The quantitative estimate of drug-likeness (QED) is 0.550. The summed E-state index contributed by atoms with van der Waals surface area (Å²) in [6, 6.07) is 15.9. The van der Waals surface area contributed by atoms with Crippen LogP contribution in [0.15, 0.2) is 54.6 Å².